The molecule has 1 saturated carbocycles. The van der Waals surface area contributed by atoms with Crippen LogP contribution in [0.5, 0.6) is 0 Å². The third-order valence-corrected chi connectivity index (χ3v) is 7.80. The largest absolute Gasteiger partial charge is 0.349 e. The van der Waals surface area contributed by atoms with Crippen molar-refractivity contribution in [3.05, 3.63) is 36.3 Å². The first-order chi connectivity index (χ1) is 16.2. The number of carbonyl (C=O) groups excluding carboxylic acids is 1. The Morgan fingerprint density at radius 2 is 2.03 bits per heavy atom. The second-order valence-corrected chi connectivity index (χ2v) is 11.2. The van der Waals surface area contributed by atoms with Crippen LogP contribution in [0.1, 0.15) is 38.2 Å². The van der Waals surface area contributed by atoms with Gasteiger partial charge in [0, 0.05) is 49.6 Å². The second-order valence-electron chi connectivity index (χ2n) is 9.02. The first-order valence-electron chi connectivity index (χ1n) is 11.3. The van der Waals surface area contributed by atoms with Gasteiger partial charge in [-0.15, -0.1) is 0 Å². The van der Waals surface area contributed by atoms with E-state index in [-0.39, 0.29) is 11.9 Å². The quantitative estimate of drug-likeness (QED) is 0.562. The molecule has 1 aliphatic heterocycles. The van der Waals surface area contributed by atoms with Gasteiger partial charge in [-0.1, -0.05) is 0 Å². The number of hydrogen-bond acceptors (Lipinski definition) is 9. The normalized spacial score (nSPS) is 21.0. The van der Waals surface area contributed by atoms with Crippen molar-refractivity contribution in [3.63, 3.8) is 0 Å². The molecule has 1 unspecified atom stereocenters. The van der Waals surface area contributed by atoms with E-state index >= 15 is 0 Å². The summed E-state index contributed by atoms with van der Waals surface area (Å²) in [6, 6.07) is 3.18. The Bertz CT molecular complexity index is 1370. The molecule has 2 N–H and O–H groups in total. The SMILES string of the molecule is CC(=O)Nc1cc(-c2nc(N3CCNC(S(C)(=O)=O)[C@H]3C)c3c(C4CC4)cncc3n2)ccn1. The number of carbonyl (C=O) groups is 1. The fourth-order valence-corrected chi connectivity index (χ4v) is 5.90. The van der Waals surface area contributed by atoms with Crippen LogP contribution in [0.25, 0.3) is 22.3 Å². The minimum absolute atomic E-state index is 0.218. The average Bonchev–Trinajstić information content (AvgIpc) is 3.62. The highest BCUT2D eigenvalue weighted by molar-refractivity contribution is 7.91. The zero-order valence-electron chi connectivity index (χ0n) is 19.3. The van der Waals surface area contributed by atoms with Gasteiger partial charge < -0.3 is 10.2 Å². The molecule has 11 heteroatoms. The van der Waals surface area contributed by atoms with E-state index in [1.165, 1.54) is 13.2 Å². The summed E-state index contributed by atoms with van der Waals surface area (Å²) < 4.78 is 24.9. The lowest BCUT2D eigenvalue weighted by Crippen LogP contribution is -2.59. The number of anilines is 2. The molecule has 0 aromatic carbocycles. The molecule has 5 rings (SSSR count). The lowest BCUT2D eigenvalue weighted by atomic mass is 10.1. The van der Waals surface area contributed by atoms with Crippen LogP contribution in [0.3, 0.4) is 0 Å². The van der Waals surface area contributed by atoms with Crippen molar-refractivity contribution in [2.24, 2.45) is 0 Å². The number of piperazine rings is 1. The highest BCUT2D eigenvalue weighted by Gasteiger charge is 2.37. The fourth-order valence-electron chi connectivity index (χ4n) is 4.62. The van der Waals surface area contributed by atoms with Crippen molar-refractivity contribution in [3.8, 4) is 11.4 Å². The van der Waals surface area contributed by atoms with Crippen molar-refractivity contribution in [1.82, 2.24) is 25.3 Å². The number of sulfone groups is 1. The van der Waals surface area contributed by atoms with Crippen LogP contribution in [-0.4, -0.2) is 65.0 Å². The summed E-state index contributed by atoms with van der Waals surface area (Å²) in [6.45, 7) is 4.46. The number of fused-ring (bicyclic) bond motifs is 1. The smallest absolute Gasteiger partial charge is 0.222 e. The van der Waals surface area contributed by atoms with E-state index in [0.29, 0.717) is 47.5 Å². The number of amides is 1. The van der Waals surface area contributed by atoms with Crippen LogP contribution in [0.2, 0.25) is 0 Å². The molecule has 1 saturated heterocycles. The number of nitrogens with zero attached hydrogens (tertiary/aromatic N) is 5. The van der Waals surface area contributed by atoms with E-state index in [4.69, 9.17) is 9.97 Å². The van der Waals surface area contributed by atoms with Crippen molar-refractivity contribution in [2.75, 3.05) is 29.6 Å². The van der Waals surface area contributed by atoms with Crippen molar-refractivity contribution in [1.29, 1.82) is 0 Å². The molecule has 2 aliphatic rings. The number of rotatable bonds is 5. The molecule has 0 radical (unpaired) electrons. The fraction of sp³-hybridized carbons (Fsp3) is 0.435. The summed E-state index contributed by atoms with van der Waals surface area (Å²) in [4.78, 5) is 32.0. The van der Waals surface area contributed by atoms with Gasteiger partial charge in [0.1, 0.15) is 17.0 Å². The first kappa shape index (κ1) is 22.6. The Balaban J connectivity index is 1.69. The van der Waals surface area contributed by atoms with Crippen LogP contribution < -0.4 is 15.5 Å². The molecule has 2 atom stereocenters. The summed E-state index contributed by atoms with van der Waals surface area (Å²) in [5, 5.41) is 6.06. The van der Waals surface area contributed by atoms with Crippen LogP contribution in [0, 0.1) is 0 Å². The molecule has 3 aromatic heterocycles. The number of pyridine rings is 2. The lowest BCUT2D eigenvalue weighted by Gasteiger charge is -2.40. The van der Waals surface area contributed by atoms with Gasteiger partial charge in [0.05, 0.1) is 17.8 Å². The lowest BCUT2D eigenvalue weighted by molar-refractivity contribution is -0.114. The van der Waals surface area contributed by atoms with Crippen molar-refractivity contribution in [2.45, 2.75) is 44.0 Å². The summed E-state index contributed by atoms with van der Waals surface area (Å²) in [5.41, 5.74) is 2.51. The van der Waals surface area contributed by atoms with Gasteiger partial charge in [-0.3, -0.25) is 15.1 Å². The van der Waals surface area contributed by atoms with Crippen LogP contribution in [0.15, 0.2) is 30.7 Å². The average molecular weight is 482 g/mol. The molecule has 1 aliphatic carbocycles. The molecule has 1 amide bonds. The highest BCUT2D eigenvalue weighted by atomic mass is 32.2. The maximum atomic E-state index is 12.5. The number of aromatic nitrogens is 4. The van der Waals surface area contributed by atoms with Gasteiger partial charge in [-0.25, -0.2) is 23.4 Å². The molecule has 0 bridgehead atoms. The van der Waals surface area contributed by atoms with Gasteiger partial charge in [0.15, 0.2) is 15.7 Å². The zero-order valence-corrected chi connectivity index (χ0v) is 20.1. The Morgan fingerprint density at radius 3 is 2.74 bits per heavy atom. The zero-order chi connectivity index (χ0) is 24.0. The van der Waals surface area contributed by atoms with Crippen LogP contribution in [-0.2, 0) is 14.6 Å². The molecular weight excluding hydrogens is 454 g/mol. The topological polar surface area (TPSA) is 130 Å². The Kier molecular flexibility index (Phi) is 5.68. The first-order valence-corrected chi connectivity index (χ1v) is 13.3. The summed E-state index contributed by atoms with van der Waals surface area (Å²) in [6.07, 6.45) is 8.65. The van der Waals surface area contributed by atoms with E-state index in [1.807, 2.05) is 13.1 Å². The summed E-state index contributed by atoms with van der Waals surface area (Å²) in [5.74, 6) is 1.79. The summed E-state index contributed by atoms with van der Waals surface area (Å²) >= 11 is 0. The standard InChI is InChI=1S/C23H27N7O3S/c1-13-23(34(3,32)33)26-8-9-30(13)22-20-17(15-4-5-15)11-24-12-18(20)28-21(29-22)16-6-7-25-19(10-16)27-14(2)31/h6-7,10-13,15,23,26H,4-5,8-9H2,1-3H3,(H,25,27,31)/t13-,23?/m1/s1. The molecule has 34 heavy (non-hydrogen) atoms. The van der Waals surface area contributed by atoms with Crippen molar-refractivity contribution < 1.29 is 13.2 Å². The molecule has 2 fully saturated rings. The molecular formula is C23H27N7O3S. The molecule has 0 spiro atoms. The molecule has 178 valence electrons. The van der Waals surface area contributed by atoms with Gasteiger partial charge in [-0.05, 0) is 43.4 Å². The highest BCUT2D eigenvalue weighted by Crippen LogP contribution is 2.45. The van der Waals surface area contributed by atoms with E-state index in [2.05, 4.69) is 25.5 Å². The third-order valence-electron chi connectivity index (χ3n) is 6.32. The van der Waals surface area contributed by atoms with Gasteiger partial charge in [-0.2, -0.15) is 0 Å². The van der Waals surface area contributed by atoms with Gasteiger partial charge >= 0.3 is 0 Å². The number of nitrogens with one attached hydrogen (secondary N) is 2. The second kappa shape index (κ2) is 8.55. The predicted octanol–water partition coefficient (Wildman–Crippen LogP) is 2.09. The minimum Gasteiger partial charge on any atom is -0.349 e. The third kappa shape index (κ3) is 4.32. The van der Waals surface area contributed by atoms with Crippen LogP contribution >= 0.6 is 0 Å². The molecule has 10 nitrogen and oxygen atoms in total. The Hall–Kier alpha value is -3.18. The molecule has 3 aromatic rings. The van der Waals surface area contributed by atoms with Gasteiger partial charge in [0.25, 0.3) is 0 Å². The van der Waals surface area contributed by atoms with E-state index in [9.17, 15) is 13.2 Å². The maximum Gasteiger partial charge on any atom is 0.222 e. The minimum atomic E-state index is -3.32. The molecule has 4 heterocycles. The number of hydrogen-bond donors (Lipinski definition) is 2. The summed E-state index contributed by atoms with van der Waals surface area (Å²) in [7, 11) is -3.32. The van der Waals surface area contributed by atoms with Crippen LogP contribution in [0.4, 0.5) is 11.6 Å². The van der Waals surface area contributed by atoms with Crippen molar-refractivity contribution >= 4 is 38.3 Å². The monoisotopic (exact) mass is 481 g/mol. The van der Waals surface area contributed by atoms with Gasteiger partial charge in [0.2, 0.25) is 5.91 Å². The van der Waals surface area contributed by atoms with E-state index < -0.39 is 15.2 Å². The Labute approximate surface area is 198 Å². The Morgan fingerprint density at radius 1 is 1.24 bits per heavy atom. The predicted molar refractivity (Wildman–Crippen MR) is 130 cm³/mol. The van der Waals surface area contributed by atoms with E-state index in [0.717, 1.165) is 23.8 Å². The van der Waals surface area contributed by atoms with E-state index in [1.54, 1.807) is 24.5 Å². The maximum absolute atomic E-state index is 12.5.